The van der Waals surface area contributed by atoms with Crippen molar-refractivity contribution in [1.82, 2.24) is 25.1 Å². The van der Waals surface area contributed by atoms with Crippen molar-refractivity contribution in [2.45, 2.75) is 6.92 Å². The number of benzene rings is 1. The quantitative estimate of drug-likeness (QED) is 0.539. The summed E-state index contributed by atoms with van der Waals surface area (Å²) < 4.78 is 16.2. The number of aromatic amines is 2. The molecule has 0 aliphatic rings. The van der Waals surface area contributed by atoms with Gasteiger partial charge in [0.15, 0.2) is 0 Å². The summed E-state index contributed by atoms with van der Waals surface area (Å²) in [6.07, 6.45) is 1.39. The van der Waals surface area contributed by atoms with Crippen LogP contribution in [0, 0.1) is 17.5 Å². The second-order valence-corrected chi connectivity index (χ2v) is 5.80. The maximum atomic E-state index is 13.7. The first-order chi connectivity index (χ1) is 10.5. The summed E-state index contributed by atoms with van der Waals surface area (Å²) in [6.45, 7) is 1.85. The molecule has 0 bridgehead atoms. The van der Waals surface area contributed by atoms with Gasteiger partial charge in [-0.25, -0.2) is 9.49 Å². The van der Waals surface area contributed by atoms with Gasteiger partial charge < -0.3 is 0 Å². The van der Waals surface area contributed by atoms with Crippen LogP contribution in [-0.2, 0) is 0 Å². The summed E-state index contributed by atoms with van der Waals surface area (Å²) in [4.78, 5) is 0. The largest absolute Gasteiger partial charge is 0.274 e. The van der Waals surface area contributed by atoms with Gasteiger partial charge in [-0.15, -0.1) is 0 Å². The number of nitrogens with zero attached hydrogens (tertiary/aromatic N) is 4. The average molecular weight is 381 g/mol. The Morgan fingerprint density at radius 1 is 1.32 bits per heavy atom. The number of rotatable bonds is 3. The summed E-state index contributed by atoms with van der Waals surface area (Å²) >= 11 is 8.44. The van der Waals surface area contributed by atoms with E-state index in [-0.39, 0.29) is 5.82 Å². The van der Waals surface area contributed by atoms with Crippen LogP contribution < -0.4 is 0 Å². The molecule has 0 spiro atoms. The number of hydrogen-bond donors (Lipinski definition) is 2. The third-order valence-electron chi connectivity index (χ3n) is 2.87. The predicted octanol–water partition coefficient (Wildman–Crippen LogP) is 3.42. The van der Waals surface area contributed by atoms with E-state index in [1.807, 2.05) is 13.0 Å². The van der Waals surface area contributed by atoms with Gasteiger partial charge in [-0.2, -0.15) is 20.0 Å². The van der Waals surface area contributed by atoms with Crippen molar-refractivity contribution in [1.29, 1.82) is 0 Å². The van der Waals surface area contributed by atoms with E-state index >= 15 is 0 Å². The number of nitrogens with one attached hydrogen (secondary N) is 2. The van der Waals surface area contributed by atoms with E-state index < -0.39 is 0 Å². The highest BCUT2D eigenvalue weighted by atomic mass is 79.9. The minimum atomic E-state index is -0.374. The van der Waals surface area contributed by atoms with Crippen LogP contribution in [0.3, 0.4) is 0 Å². The normalized spacial score (nSPS) is 11.4. The van der Waals surface area contributed by atoms with Gasteiger partial charge in [-0.3, -0.25) is 5.10 Å². The van der Waals surface area contributed by atoms with Crippen LogP contribution in [-0.4, -0.2) is 31.3 Å². The molecule has 0 saturated heterocycles. The Bertz CT molecular complexity index is 909. The maximum Gasteiger partial charge on any atom is 0.216 e. The molecule has 1 aromatic carbocycles. The molecule has 0 unspecified atom stereocenters. The molecule has 2 heterocycles. The lowest BCUT2D eigenvalue weighted by Crippen LogP contribution is -1.96. The molecule has 0 atom stereocenters. The maximum absolute atomic E-state index is 13.7. The Balaban J connectivity index is 2.02. The van der Waals surface area contributed by atoms with Gasteiger partial charge in [-0.05, 0) is 43.4 Å². The molecule has 6 nitrogen and oxygen atoms in total. The van der Waals surface area contributed by atoms with Crippen LogP contribution in [0.15, 0.2) is 33.8 Å². The predicted molar refractivity (Wildman–Crippen MR) is 86.8 cm³/mol. The number of aromatic nitrogens is 5. The lowest BCUT2D eigenvalue weighted by Gasteiger charge is -1.99. The Morgan fingerprint density at radius 3 is 2.86 bits per heavy atom. The van der Waals surface area contributed by atoms with Crippen LogP contribution in [0.5, 0.6) is 0 Å². The Hall–Kier alpha value is -2.13. The summed E-state index contributed by atoms with van der Waals surface area (Å²) in [5, 5.41) is 17.9. The fraction of sp³-hybridized carbons (Fsp3) is 0.0769. The van der Waals surface area contributed by atoms with Gasteiger partial charge in [0.2, 0.25) is 10.6 Å². The highest BCUT2D eigenvalue weighted by molar-refractivity contribution is 9.10. The third kappa shape index (κ3) is 2.90. The fourth-order valence-electron chi connectivity index (χ4n) is 1.84. The van der Waals surface area contributed by atoms with Gasteiger partial charge in [0.25, 0.3) is 0 Å². The molecule has 22 heavy (non-hydrogen) atoms. The summed E-state index contributed by atoms with van der Waals surface area (Å²) in [6, 6.07) is 6.42. The van der Waals surface area contributed by atoms with Gasteiger partial charge in [0, 0.05) is 10.0 Å². The van der Waals surface area contributed by atoms with E-state index in [9.17, 15) is 4.39 Å². The molecule has 3 rings (SSSR count). The average Bonchev–Trinajstić information content (AvgIpc) is 3.06. The Morgan fingerprint density at radius 2 is 2.14 bits per heavy atom. The standard InChI is InChI=1S/C13H10BrFN6S/c1-7-4-11(18-17-7)12-19-20-13(22)21(12)16-6-8-5-9(14)2-3-10(8)15/h2-6H,1H3,(H,17,18)(H,20,22)/b16-6+. The molecule has 0 aliphatic heterocycles. The SMILES string of the molecule is Cc1cc(-c2n[nH]c(=S)n2/N=C/c2cc(Br)ccc2F)[nH]n1. The van der Waals surface area contributed by atoms with Crippen LogP contribution in [0.25, 0.3) is 11.5 Å². The fourth-order valence-corrected chi connectivity index (χ4v) is 2.40. The van der Waals surface area contributed by atoms with Gasteiger partial charge in [0.1, 0.15) is 11.5 Å². The van der Waals surface area contributed by atoms with E-state index in [0.717, 1.165) is 10.2 Å². The van der Waals surface area contributed by atoms with Gasteiger partial charge in [0.05, 0.1) is 11.9 Å². The van der Waals surface area contributed by atoms with Crippen LogP contribution >= 0.6 is 28.1 Å². The van der Waals surface area contributed by atoms with E-state index in [1.54, 1.807) is 12.1 Å². The molecular weight excluding hydrogens is 371 g/mol. The van der Waals surface area contributed by atoms with E-state index in [4.69, 9.17) is 12.2 Å². The summed E-state index contributed by atoms with van der Waals surface area (Å²) in [5.74, 6) is 0.0955. The zero-order valence-corrected chi connectivity index (χ0v) is 13.7. The molecule has 0 radical (unpaired) electrons. The molecule has 2 N–H and O–H groups in total. The Labute approximate surface area is 138 Å². The molecule has 0 aliphatic carbocycles. The van der Waals surface area contributed by atoms with Crippen molar-refractivity contribution in [3.8, 4) is 11.5 Å². The molecule has 0 saturated carbocycles. The highest BCUT2D eigenvalue weighted by Gasteiger charge is 2.10. The van der Waals surface area contributed by atoms with Crippen LogP contribution in [0.4, 0.5) is 4.39 Å². The van der Waals surface area contributed by atoms with Crippen molar-refractivity contribution < 1.29 is 4.39 Å². The first-order valence-corrected chi connectivity index (χ1v) is 7.44. The molecule has 0 fully saturated rings. The highest BCUT2D eigenvalue weighted by Crippen LogP contribution is 2.17. The minimum absolute atomic E-state index is 0.300. The van der Waals surface area contributed by atoms with Gasteiger partial charge >= 0.3 is 0 Å². The second kappa shape index (κ2) is 5.93. The smallest absolute Gasteiger partial charge is 0.216 e. The topological polar surface area (TPSA) is 74.7 Å². The van der Waals surface area contributed by atoms with Crippen LogP contribution in [0.2, 0.25) is 0 Å². The monoisotopic (exact) mass is 380 g/mol. The molecule has 3 aromatic rings. The zero-order valence-electron chi connectivity index (χ0n) is 11.3. The summed E-state index contributed by atoms with van der Waals surface area (Å²) in [5.41, 5.74) is 1.82. The second-order valence-electron chi connectivity index (χ2n) is 4.50. The molecular formula is C13H10BrFN6S. The first-order valence-electron chi connectivity index (χ1n) is 6.24. The summed E-state index contributed by atoms with van der Waals surface area (Å²) in [7, 11) is 0. The zero-order chi connectivity index (χ0) is 15.7. The van der Waals surface area contributed by atoms with E-state index in [2.05, 4.69) is 41.4 Å². The first kappa shape index (κ1) is 14.8. The molecule has 112 valence electrons. The van der Waals surface area contributed by atoms with Crippen LogP contribution in [0.1, 0.15) is 11.3 Å². The van der Waals surface area contributed by atoms with Crippen molar-refractivity contribution in [3.63, 3.8) is 0 Å². The number of hydrogen-bond acceptors (Lipinski definition) is 4. The molecule has 2 aromatic heterocycles. The number of H-pyrrole nitrogens is 2. The van der Waals surface area contributed by atoms with Crippen molar-refractivity contribution in [3.05, 3.63) is 50.6 Å². The number of halogens is 2. The van der Waals surface area contributed by atoms with Crippen molar-refractivity contribution in [2.24, 2.45) is 5.10 Å². The van der Waals surface area contributed by atoms with E-state index in [0.29, 0.717) is 21.9 Å². The lowest BCUT2D eigenvalue weighted by atomic mass is 10.2. The van der Waals surface area contributed by atoms with Crippen molar-refractivity contribution in [2.75, 3.05) is 0 Å². The van der Waals surface area contributed by atoms with E-state index in [1.165, 1.54) is 17.0 Å². The van der Waals surface area contributed by atoms with Gasteiger partial charge in [-0.1, -0.05) is 15.9 Å². The number of aryl methyl sites for hydroxylation is 1. The lowest BCUT2D eigenvalue weighted by molar-refractivity contribution is 0.625. The van der Waals surface area contributed by atoms with Crippen molar-refractivity contribution >= 4 is 34.4 Å². The third-order valence-corrected chi connectivity index (χ3v) is 3.63. The molecule has 9 heteroatoms. The molecule has 0 amide bonds. The minimum Gasteiger partial charge on any atom is -0.274 e. The Kier molecular flexibility index (Phi) is 3.99.